The summed E-state index contributed by atoms with van der Waals surface area (Å²) in [4.78, 5) is 20.5. The van der Waals surface area contributed by atoms with Gasteiger partial charge in [0.05, 0.1) is 30.7 Å². The summed E-state index contributed by atoms with van der Waals surface area (Å²) in [7, 11) is 0. The lowest BCUT2D eigenvalue weighted by molar-refractivity contribution is 0.00590. The number of aromatic nitrogens is 2. The second kappa shape index (κ2) is 9.14. The van der Waals surface area contributed by atoms with Crippen LogP contribution in [-0.2, 0) is 4.74 Å². The number of piperazine rings is 1. The molecule has 1 fully saturated rings. The van der Waals surface area contributed by atoms with Crippen molar-refractivity contribution in [3.05, 3.63) is 53.9 Å². The van der Waals surface area contributed by atoms with E-state index in [1.54, 1.807) is 29.6 Å². The highest BCUT2D eigenvalue weighted by molar-refractivity contribution is 5.68. The van der Waals surface area contributed by atoms with E-state index in [0.717, 1.165) is 11.3 Å². The Morgan fingerprint density at radius 2 is 1.83 bits per heavy atom. The maximum atomic E-state index is 13.3. The van der Waals surface area contributed by atoms with Gasteiger partial charge >= 0.3 is 6.09 Å². The molecule has 164 valence electrons. The van der Waals surface area contributed by atoms with Crippen LogP contribution in [0.4, 0.5) is 9.18 Å². The number of halogens is 1. The quantitative estimate of drug-likeness (QED) is 0.807. The van der Waals surface area contributed by atoms with Crippen LogP contribution in [0.1, 0.15) is 51.0 Å². The molecule has 1 N–H and O–H groups in total. The van der Waals surface area contributed by atoms with Gasteiger partial charge < -0.3 is 19.3 Å². The van der Waals surface area contributed by atoms with Gasteiger partial charge in [0.2, 0.25) is 0 Å². The number of ether oxygens (including phenoxy) is 1. The maximum absolute atomic E-state index is 13.3. The average Bonchev–Trinajstić information content (AvgIpc) is 3.17. The summed E-state index contributed by atoms with van der Waals surface area (Å²) in [5.74, 6) is -0.270. The summed E-state index contributed by atoms with van der Waals surface area (Å²) < 4.78 is 20.7. The summed E-state index contributed by atoms with van der Waals surface area (Å²) in [6, 6.07) is 6.12. The fraction of sp³-hybridized carbons (Fsp3) is 0.545. The fourth-order valence-electron chi connectivity index (χ4n) is 3.74. The van der Waals surface area contributed by atoms with Crippen molar-refractivity contribution in [3.63, 3.8) is 0 Å². The van der Waals surface area contributed by atoms with Gasteiger partial charge in [-0.1, -0.05) is 12.1 Å². The van der Waals surface area contributed by atoms with Crippen LogP contribution in [0.25, 0.3) is 0 Å². The molecule has 1 aliphatic rings. The van der Waals surface area contributed by atoms with Crippen LogP contribution in [0.3, 0.4) is 0 Å². The molecule has 2 unspecified atom stereocenters. The van der Waals surface area contributed by atoms with Crippen LogP contribution in [-0.4, -0.2) is 68.9 Å². The molecule has 2 heterocycles. The van der Waals surface area contributed by atoms with E-state index in [4.69, 9.17) is 4.74 Å². The highest BCUT2D eigenvalue weighted by Crippen LogP contribution is 2.27. The maximum Gasteiger partial charge on any atom is 0.410 e. The third kappa shape index (κ3) is 5.17. The first-order valence-corrected chi connectivity index (χ1v) is 10.3. The summed E-state index contributed by atoms with van der Waals surface area (Å²) in [5.41, 5.74) is 1.33. The van der Waals surface area contributed by atoms with Gasteiger partial charge in [-0.25, -0.2) is 14.2 Å². The molecule has 0 radical (unpaired) electrons. The van der Waals surface area contributed by atoms with Crippen molar-refractivity contribution in [2.24, 2.45) is 0 Å². The number of benzene rings is 1. The molecule has 3 rings (SSSR count). The molecule has 8 heteroatoms. The van der Waals surface area contributed by atoms with Gasteiger partial charge in [-0.15, -0.1) is 0 Å². The lowest BCUT2D eigenvalue weighted by atomic mass is 10.1. The molecule has 1 aromatic heterocycles. The predicted octanol–water partition coefficient (Wildman–Crippen LogP) is 3.22. The number of aliphatic hydroxyl groups excluding tert-OH is 1. The second-order valence-corrected chi connectivity index (χ2v) is 8.66. The van der Waals surface area contributed by atoms with Gasteiger partial charge in [0, 0.05) is 32.4 Å². The SMILES string of the molecule is CC(c1ccc(F)cc1)n1cncc1C(CO)N1CCN(C(=O)OC(C)(C)C)CC1. The largest absolute Gasteiger partial charge is 0.444 e. The topological polar surface area (TPSA) is 70.8 Å². The molecule has 2 aromatic rings. The molecule has 2 atom stereocenters. The number of rotatable bonds is 5. The molecule has 1 aliphatic heterocycles. The second-order valence-electron chi connectivity index (χ2n) is 8.66. The zero-order valence-corrected chi connectivity index (χ0v) is 18.1. The number of amides is 1. The van der Waals surface area contributed by atoms with E-state index in [1.165, 1.54) is 12.1 Å². The number of carbonyl (C=O) groups is 1. The van der Waals surface area contributed by atoms with E-state index in [-0.39, 0.29) is 30.6 Å². The highest BCUT2D eigenvalue weighted by Gasteiger charge is 2.31. The van der Waals surface area contributed by atoms with Gasteiger partial charge in [0.25, 0.3) is 0 Å². The Morgan fingerprint density at radius 3 is 2.40 bits per heavy atom. The van der Waals surface area contributed by atoms with Crippen molar-refractivity contribution in [2.45, 2.75) is 45.4 Å². The van der Waals surface area contributed by atoms with Gasteiger partial charge in [-0.2, -0.15) is 0 Å². The monoisotopic (exact) mass is 418 g/mol. The highest BCUT2D eigenvalue weighted by atomic mass is 19.1. The summed E-state index contributed by atoms with van der Waals surface area (Å²) >= 11 is 0. The normalized spacial score (nSPS) is 17.6. The van der Waals surface area contributed by atoms with Crippen LogP contribution in [0.5, 0.6) is 0 Å². The predicted molar refractivity (Wildman–Crippen MR) is 112 cm³/mol. The summed E-state index contributed by atoms with van der Waals surface area (Å²) in [6.07, 6.45) is 3.20. The molecule has 0 bridgehead atoms. The molecule has 1 amide bonds. The van der Waals surface area contributed by atoms with E-state index >= 15 is 0 Å². The zero-order chi connectivity index (χ0) is 21.9. The number of nitrogens with zero attached hydrogens (tertiary/aromatic N) is 4. The Balaban J connectivity index is 1.70. The number of imidazole rings is 1. The first-order chi connectivity index (χ1) is 14.2. The zero-order valence-electron chi connectivity index (χ0n) is 18.1. The van der Waals surface area contributed by atoms with E-state index in [1.807, 2.05) is 32.3 Å². The van der Waals surface area contributed by atoms with Gasteiger partial charge in [0.1, 0.15) is 11.4 Å². The Kier molecular flexibility index (Phi) is 6.77. The fourth-order valence-corrected chi connectivity index (χ4v) is 3.74. The molecular weight excluding hydrogens is 387 g/mol. The van der Waals surface area contributed by atoms with Gasteiger partial charge in [-0.3, -0.25) is 4.90 Å². The number of hydrogen-bond acceptors (Lipinski definition) is 5. The van der Waals surface area contributed by atoms with Crippen molar-refractivity contribution < 1.29 is 19.0 Å². The van der Waals surface area contributed by atoms with Crippen LogP contribution in [0.15, 0.2) is 36.8 Å². The van der Waals surface area contributed by atoms with E-state index in [0.29, 0.717) is 26.2 Å². The minimum atomic E-state index is -0.523. The van der Waals surface area contributed by atoms with Crippen molar-refractivity contribution in [1.29, 1.82) is 0 Å². The van der Waals surface area contributed by atoms with E-state index in [2.05, 4.69) is 9.88 Å². The Labute approximate surface area is 177 Å². The summed E-state index contributed by atoms with van der Waals surface area (Å²) in [5, 5.41) is 10.2. The van der Waals surface area contributed by atoms with Crippen LogP contribution in [0.2, 0.25) is 0 Å². The van der Waals surface area contributed by atoms with Gasteiger partial charge in [-0.05, 0) is 45.4 Å². The lowest BCUT2D eigenvalue weighted by Gasteiger charge is -2.39. The number of hydrogen-bond donors (Lipinski definition) is 1. The third-order valence-corrected chi connectivity index (χ3v) is 5.39. The van der Waals surface area contributed by atoms with Crippen molar-refractivity contribution in [3.8, 4) is 0 Å². The molecule has 30 heavy (non-hydrogen) atoms. The number of carbonyl (C=O) groups excluding carboxylic acids is 1. The minimum Gasteiger partial charge on any atom is -0.444 e. The van der Waals surface area contributed by atoms with E-state index < -0.39 is 5.60 Å². The van der Waals surface area contributed by atoms with Gasteiger partial charge in [0.15, 0.2) is 0 Å². The Hall–Kier alpha value is -2.45. The molecule has 0 aliphatic carbocycles. The third-order valence-electron chi connectivity index (χ3n) is 5.39. The first kappa shape index (κ1) is 22.2. The Bertz CT molecular complexity index is 839. The van der Waals surface area contributed by atoms with Crippen molar-refractivity contribution in [2.75, 3.05) is 32.8 Å². The average molecular weight is 419 g/mol. The molecule has 1 aromatic carbocycles. The standard InChI is InChI=1S/C22H31FN4O3/c1-16(17-5-7-18(23)8-6-17)27-15-24-13-19(27)20(14-28)25-9-11-26(12-10-25)21(29)30-22(2,3)4/h5-8,13,15-16,20,28H,9-12,14H2,1-4H3. The first-order valence-electron chi connectivity index (χ1n) is 10.3. The van der Waals surface area contributed by atoms with Crippen molar-refractivity contribution >= 4 is 6.09 Å². The van der Waals surface area contributed by atoms with Crippen molar-refractivity contribution in [1.82, 2.24) is 19.4 Å². The molecule has 0 saturated carbocycles. The minimum absolute atomic E-state index is 0.0554. The lowest BCUT2D eigenvalue weighted by Crippen LogP contribution is -2.51. The summed E-state index contributed by atoms with van der Waals surface area (Å²) in [6.45, 7) is 9.84. The van der Waals surface area contributed by atoms with Crippen LogP contribution >= 0.6 is 0 Å². The smallest absolute Gasteiger partial charge is 0.410 e. The molecule has 1 saturated heterocycles. The molecule has 7 nitrogen and oxygen atoms in total. The van der Waals surface area contributed by atoms with Crippen LogP contribution in [0, 0.1) is 5.82 Å². The van der Waals surface area contributed by atoms with E-state index in [9.17, 15) is 14.3 Å². The molecule has 0 spiro atoms. The molecular formula is C22H31FN4O3. The number of aliphatic hydroxyl groups is 1. The van der Waals surface area contributed by atoms with Crippen LogP contribution < -0.4 is 0 Å². The Morgan fingerprint density at radius 1 is 1.20 bits per heavy atom.